The summed E-state index contributed by atoms with van der Waals surface area (Å²) in [4.78, 5) is 52.6. The Morgan fingerprint density at radius 2 is 1.62 bits per heavy atom. The lowest BCUT2D eigenvalue weighted by Gasteiger charge is -2.35. The third kappa shape index (κ3) is 4.14. The van der Waals surface area contributed by atoms with Crippen molar-refractivity contribution in [2.45, 2.75) is 13.3 Å². The van der Waals surface area contributed by atoms with Crippen LogP contribution in [0.25, 0.3) is 0 Å². The number of hydrogen-bond donors (Lipinski definition) is 0. The molecule has 5 rings (SSSR count). The van der Waals surface area contributed by atoms with Gasteiger partial charge in [-0.2, -0.15) is 0 Å². The first-order valence-electron chi connectivity index (χ1n) is 11.4. The van der Waals surface area contributed by atoms with Gasteiger partial charge < -0.3 is 9.80 Å². The number of fused-ring (bicyclic) bond motifs is 1. The number of amides is 3. The lowest BCUT2D eigenvalue weighted by molar-refractivity contribution is 0.0655. The summed E-state index contributed by atoms with van der Waals surface area (Å²) in [5, 5.41) is 0. The molecule has 0 radical (unpaired) electrons. The molecule has 0 spiro atoms. The van der Waals surface area contributed by atoms with E-state index in [1.54, 1.807) is 29.4 Å². The molecule has 0 bridgehead atoms. The SMILES string of the molecule is Cc1cc(N2CCN(C(=O)c3ccc4c(c3)C(=O)N(CCc3ccccc3)C4=O)CC2)ncn1. The molecule has 0 unspecified atom stereocenters. The van der Waals surface area contributed by atoms with Crippen molar-refractivity contribution in [2.24, 2.45) is 0 Å². The normalized spacial score (nSPS) is 15.6. The number of hydrogen-bond acceptors (Lipinski definition) is 6. The Kier molecular flexibility index (Phi) is 5.79. The molecule has 2 aliphatic heterocycles. The Labute approximate surface area is 197 Å². The van der Waals surface area contributed by atoms with E-state index >= 15 is 0 Å². The zero-order valence-corrected chi connectivity index (χ0v) is 19.0. The van der Waals surface area contributed by atoms with Gasteiger partial charge in [0.25, 0.3) is 17.7 Å². The standard InChI is InChI=1S/C26H25N5O3/c1-18-15-23(28-17-27-18)29-11-13-30(14-12-29)24(32)20-7-8-21-22(16-20)26(34)31(25(21)33)10-9-19-5-3-2-4-6-19/h2-8,15-17H,9-14H2,1H3. The molecular weight excluding hydrogens is 430 g/mol. The fourth-order valence-electron chi connectivity index (χ4n) is 4.45. The van der Waals surface area contributed by atoms with Crippen LogP contribution in [0.15, 0.2) is 60.9 Å². The summed E-state index contributed by atoms with van der Waals surface area (Å²) in [5.41, 5.74) is 3.05. The Morgan fingerprint density at radius 3 is 2.35 bits per heavy atom. The molecule has 1 saturated heterocycles. The molecule has 0 saturated carbocycles. The molecule has 34 heavy (non-hydrogen) atoms. The van der Waals surface area contributed by atoms with Crippen molar-refractivity contribution >= 4 is 23.5 Å². The highest BCUT2D eigenvalue weighted by Gasteiger charge is 2.36. The molecule has 0 N–H and O–H groups in total. The van der Waals surface area contributed by atoms with Crippen LogP contribution in [0.4, 0.5) is 5.82 Å². The zero-order valence-electron chi connectivity index (χ0n) is 19.0. The van der Waals surface area contributed by atoms with E-state index in [4.69, 9.17) is 0 Å². The van der Waals surface area contributed by atoms with Crippen LogP contribution in [0.2, 0.25) is 0 Å². The number of carbonyl (C=O) groups is 3. The second kappa shape index (κ2) is 9.05. The highest BCUT2D eigenvalue weighted by atomic mass is 16.2. The highest BCUT2D eigenvalue weighted by molar-refractivity contribution is 6.22. The zero-order chi connectivity index (χ0) is 23.7. The average Bonchev–Trinajstić information content (AvgIpc) is 3.11. The Bertz CT molecular complexity index is 1250. The van der Waals surface area contributed by atoms with Gasteiger partial charge in [-0.3, -0.25) is 19.3 Å². The second-order valence-electron chi connectivity index (χ2n) is 8.55. The predicted octanol–water partition coefficient (Wildman–Crippen LogP) is 2.59. The molecule has 3 amide bonds. The van der Waals surface area contributed by atoms with Gasteiger partial charge in [-0.05, 0) is 37.1 Å². The van der Waals surface area contributed by atoms with Gasteiger partial charge in [0.05, 0.1) is 11.1 Å². The van der Waals surface area contributed by atoms with E-state index in [0.29, 0.717) is 55.8 Å². The van der Waals surface area contributed by atoms with Crippen molar-refractivity contribution in [3.05, 3.63) is 88.9 Å². The van der Waals surface area contributed by atoms with Gasteiger partial charge in [-0.1, -0.05) is 30.3 Å². The number of aryl methyl sites for hydroxylation is 1. The third-order valence-corrected chi connectivity index (χ3v) is 6.36. The number of aromatic nitrogens is 2. The van der Waals surface area contributed by atoms with Crippen molar-refractivity contribution in [1.82, 2.24) is 19.8 Å². The molecule has 1 fully saturated rings. The third-order valence-electron chi connectivity index (χ3n) is 6.36. The van der Waals surface area contributed by atoms with Crippen LogP contribution in [-0.4, -0.2) is 70.2 Å². The van der Waals surface area contributed by atoms with Crippen molar-refractivity contribution in [3.8, 4) is 0 Å². The van der Waals surface area contributed by atoms with Crippen molar-refractivity contribution in [3.63, 3.8) is 0 Å². The van der Waals surface area contributed by atoms with Gasteiger partial charge in [0.15, 0.2) is 0 Å². The van der Waals surface area contributed by atoms with E-state index in [2.05, 4.69) is 14.9 Å². The second-order valence-corrected chi connectivity index (χ2v) is 8.55. The Hall–Kier alpha value is -4.07. The van der Waals surface area contributed by atoms with Crippen LogP contribution in [0, 0.1) is 6.92 Å². The molecule has 2 aliphatic rings. The maximum atomic E-state index is 13.1. The minimum atomic E-state index is -0.338. The maximum Gasteiger partial charge on any atom is 0.261 e. The highest BCUT2D eigenvalue weighted by Crippen LogP contribution is 2.25. The van der Waals surface area contributed by atoms with E-state index in [-0.39, 0.29) is 17.7 Å². The lowest BCUT2D eigenvalue weighted by Crippen LogP contribution is -2.49. The molecule has 3 aromatic rings. The largest absolute Gasteiger partial charge is 0.353 e. The summed E-state index contributed by atoms with van der Waals surface area (Å²) in [5.74, 6) is 0.0827. The van der Waals surface area contributed by atoms with E-state index in [0.717, 1.165) is 17.1 Å². The van der Waals surface area contributed by atoms with E-state index < -0.39 is 0 Å². The Morgan fingerprint density at radius 1 is 0.882 bits per heavy atom. The van der Waals surface area contributed by atoms with E-state index in [1.165, 1.54) is 4.90 Å². The predicted molar refractivity (Wildman–Crippen MR) is 127 cm³/mol. The fraction of sp³-hybridized carbons (Fsp3) is 0.269. The molecular formula is C26H25N5O3. The summed E-state index contributed by atoms with van der Waals surface area (Å²) in [6.07, 6.45) is 2.14. The topological polar surface area (TPSA) is 86.7 Å². The summed E-state index contributed by atoms with van der Waals surface area (Å²) in [6.45, 7) is 4.66. The first kappa shape index (κ1) is 21.8. The van der Waals surface area contributed by atoms with Crippen LogP contribution >= 0.6 is 0 Å². The fourth-order valence-corrected chi connectivity index (χ4v) is 4.45. The van der Waals surface area contributed by atoms with E-state index in [1.807, 2.05) is 43.3 Å². The Balaban J connectivity index is 1.25. The summed E-state index contributed by atoms with van der Waals surface area (Å²) in [7, 11) is 0. The van der Waals surface area contributed by atoms with Crippen molar-refractivity contribution < 1.29 is 14.4 Å². The van der Waals surface area contributed by atoms with Crippen LogP contribution < -0.4 is 4.90 Å². The minimum absolute atomic E-state index is 0.135. The molecule has 3 heterocycles. The molecule has 8 heteroatoms. The van der Waals surface area contributed by atoms with Gasteiger partial charge in [0.2, 0.25) is 0 Å². The number of nitrogens with zero attached hydrogens (tertiary/aromatic N) is 5. The summed E-state index contributed by atoms with van der Waals surface area (Å²) >= 11 is 0. The number of piperazine rings is 1. The molecule has 1 aromatic heterocycles. The lowest BCUT2D eigenvalue weighted by atomic mass is 10.0. The van der Waals surface area contributed by atoms with Gasteiger partial charge in [0, 0.05) is 50.0 Å². The van der Waals surface area contributed by atoms with Crippen LogP contribution in [0.3, 0.4) is 0 Å². The first-order chi connectivity index (χ1) is 16.5. The van der Waals surface area contributed by atoms with Crippen molar-refractivity contribution in [2.75, 3.05) is 37.6 Å². The monoisotopic (exact) mass is 455 g/mol. The number of rotatable bonds is 5. The number of benzene rings is 2. The van der Waals surface area contributed by atoms with Gasteiger partial charge in [-0.25, -0.2) is 9.97 Å². The summed E-state index contributed by atoms with van der Waals surface area (Å²) < 4.78 is 0. The van der Waals surface area contributed by atoms with Crippen LogP contribution in [0.5, 0.6) is 0 Å². The maximum absolute atomic E-state index is 13.1. The van der Waals surface area contributed by atoms with Gasteiger partial charge in [-0.15, -0.1) is 0 Å². The number of imide groups is 1. The summed E-state index contributed by atoms with van der Waals surface area (Å²) in [6, 6.07) is 16.5. The van der Waals surface area contributed by atoms with Crippen molar-refractivity contribution in [1.29, 1.82) is 0 Å². The van der Waals surface area contributed by atoms with Gasteiger partial charge in [0.1, 0.15) is 12.1 Å². The minimum Gasteiger partial charge on any atom is -0.353 e. The molecule has 0 atom stereocenters. The average molecular weight is 456 g/mol. The van der Waals surface area contributed by atoms with E-state index in [9.17, 15) is 14.4 Å². The number of carbonyl (C=O) groups excluding carboxylic acids is 3. The molecule has 0 aliphatic carbocycles. The molecule has 172 valence electrons. The molecule has 8 nitrogen and oxygen atoms in total. The van der Waals surface area contributed by atoms with Crippen LogP contribution in [0.1, 0.15) is 42.3 Å². The molecule has 2 aromatic carbocycles. The van der Waals surface area contributed by atoms with Gasteiger partial charge >= 0.3 is 0 Å². The number of anilines is 1. The van der Waals surface area contributed by atoms with Crippen LogP contribution in [-0.2, 0) is 6.42 Å². The smallest absolute Gasteiger partial charge is 0.261 e. The first-order valence-corrected chi connectivity index (χ1v) is 11.4. The quantitative estimate of drug-likeness (QED) is 0.550.